The summed E-state index contributed by atoms with van der Waals surface area (Å²) in [7, 11) is 1.42. The molecule has 0 bridgehead atoms. The number of halogens is 1. The number of ether oxygens (including phenoxy) is 1. The summed E-state index contributed by atoms with van der Waals surface area (Å²) in [6, 6.07) is 8.03. The maximum absolute atomic E-state index is 11.5. The number of carbonyl (C=O) groups excluding carboxylic acids is 1. The van der Waals surface area contributed by atoms with Crippen LogP contribution in [0.15, 0.2) is 30.5 Å². The Morgan fingerprint density at radius 3 is 2.86 bits per heavy atom. The van der Waals surface area contributed by atoms with Crippen LogP contribution in [0.2, 0.25) is 5.02 Å². The summed E-state index contributed by atoms with van der Waals surface area (Å²) in [6.07, 6.45) is 3.33. The summed E-state index contributed by atoms with van der Waals surface area (Å²) in [5, 5.41) is 5.30. The predicted molar refractivity (Wildman–Crippen MR) is 87.4 cm³/mol. The highest BCUT2D eigenvalue weighted by molar-refractivity contribution is 6.31. The van der Waals surface area contributed by atoms with Crippen LogP contribution in [0.5, 0.6) is 0 Å². The normalized spacial score (nSPS) is 15.8. The van der Waals surface area contributed by atoms with Gasteiger partial charge in [0, 0.05) is 41.4 Å². The molecule has 0 saturated carbocycles. The first-order chi connectivity index (χ1) is 10.7. The molecule has 1 aromatic heterocycles. The van der Waals surface area contributed by atoms with Crippen LogP contribution < -0.4 is 5.32 Å². The van der Waals surface area contributed by atoms with Gasteiger partial charge in [-0.15, -0.1) is 0 Å². The van der Waals surface area contributed by atoms with Crippen molar-refractivity contribution in [3.05, 3.63) is 35.5 Å². The average Bonchev–Trinajstić information content (AvgIpc) is 2.55. The first-order valence-corrected chi connectivity index (χ1v) is 7.69. The highest BCUT2D eigenvalue weighted by atomic mass is 35.5. The van der Waals surface area contributed by atoms with Crippen LogP contribution in [0.1, 0.15) is 12.8 Å². The summed E-state index contributed by atoms with van der Waals surface area (Å²) >= 11 is 6.01. The summed E-state index contributed by atoms with van der Waals surface area (Å²) in [5.74, 6) is 0. The van der Waals surface area contributed by atoms with Crippen molar-refractivity contribution < 1.29 is 9.53 Å². The molecular weight excluding hydrogens is 302 g/mol. The average molecular weight is 320 g/mol. The Balaban J connectivity index is 1.71. The molecule has 0 aliphatic carbocycles. The Morgan fingerprint density at radius 2 is 2.14 bits per heavy atom. The third-order valence-corrected chi connectivity index (χ3v) is 4.23. The van der Waals surface area contributed by atoms with E-state index in [4.69, 9.17) is 16.3 Å². The minimum absolute atomic E-state index is 0.248. The first-order valence-electron chi connectivity index (χ1n) is 7.31. The first kappa shape index (κ1) is 14.9. The van der Waals surface area contributed by atoms with E-state index in [2.05, 4.69) is 10.3 Å². The molecule has 2 aromatic rings. The minimum atomic E-state index is -0.248. The number of nitrogens with one attached hydrogen (secondary N) is 1. The second-order valence-corrected chi connectivity index (χ2v) is 5.83. The van der Waals surface area contributed by atoms with Crippen molar-refractivity contribution in [2.45, 2.75) is 18.9 Å². The molecule has 0 radical (unpaired) electrons. The number of hydrogen-bond donors (Lipinski definition) is 1. The summed E-state index contributed by atoms with van der Waals surface area (Å²) < 4.78 is 4.76. The number of pyridine rings is 1. The van der Waals surface area contributed by atoms with Gasteiger partial charge in [0.2, 0.25) is 0 Å². The van der Waals surface area contributed by atoms with E-state index in [1.165, 1.54) is 7.11 Å². The van der Waals surface area contributed by atoms with Crippen molar-refractivity contribution in [2.24, 2.45) is 0 Å². The number of piperidine rings is 1. The molecule has 3 rings (SSSR count). The molecule has 116 valence electrons. The SMILES string of the molecule is COC(=O)N1CCC(Nc2ccnc3cc(Cl)ccc23)CC1. The molecule has 6 heteroatoms. The number of hydrogen-bond acceptors (Lipinski definition) is 4. The molecule has 22 heavy (non-hydrogen) atoms. The number of amides is 1. The molecule has 0 spiro atoms. The fourth-order valence-corrected chi connectivity index (χ4v) is 2.97. The number of likely N-dealkylation sites (tertiary alicyclic amines) is 1. The summed E-state index contributed by atoms with van der Waals surface area (Å²) in [6.45, 7) is 1.42. The lowest BCUT2D eigenvalue weighted by atomic mass is 10.0. The minimum Gasteiger partial charge on any atom is -0.453 e. The van der Waals surface area contributed by atoms with Gasteiger partial charge < -0.3 is 15.0 Å². The molecule has 0 atom stereocenters. The molecule has 0 unspecified atom stereocenters. The number of rotatable bonds is 2. The van der Waals surface area contributed by atoms with Crippen molar-refractivity contribution in [1.29, 1.82) is 0 Å². The van der Waals surface area contributed by atoms with Crippen LogP contribution in [0, 0.1) is 0 Å². The van der Waals surface area contributed by atoms with Crippen molar-refractivity contribution >= 4 is 34.3 Å². The van der Waals surface area contributed by atoms with Gasteiger partial charge in [0.05, 0.1) is 12.6 Å². The van der Waals surface area contributed by atoms with Gasteiger partial charge in [-0.1, -0.05) is 11.6 Å². The molecule has 1 fully saturated rings. The quantitative estimate of drug-likeness (QED) is 0.920. The topological polar surface area (TPSA) is 54.5 Å². The zero-order valence-corrected chi connectivity index (χ0v) is 13.1. The van der Waals surface area contributed by atoms with Crippen LogP contribution in [0.3, 0.4) is 0 Å². The lowest BCUT2D eigenvalue weighted by molar-refractivity contribution is 0.113. The van der Waals surface area contributed by atoms with Crippen molar-refractivity contribution in [3.8, 4) is 0 Å². The highest BCUT2D eigenvalue weighted by Crippen LogP contribution is 2.26. The van der Waals surface area contributed by atoms with Crippen molar-refractivity contribution in [1.82, 2.24) is 9.88 Å². The predicted octanol–water partition coefficient (Wildman–Crippen LogP) is 3.53. The van der Waals surface area contributed by atoms with Gasteiger partial charge >= 0.3 is 6.09 Å². The Hall–Kier alpha value is -2.01. The Labute approximate surface area is 134 Å². The smallest absolute Gasteiger partial charge is 0.409 e. The van der Waals surface area contributed by atoms with E-state index in [1.54, 1.807) is 11.1 Å². The zero-order valence-electron chi connectivity index (χ0n) is 12.4. The second-order valence-electron chi connectivity index (χ2n) is 5.40. The molecule has 1 aromatic carbocycles. The zero-order chi connectivity index (χ0) is 15.5. The molecule has 1 N–H and O–H groups in total. The van der Waals surface area contributed by atoms with Crippen LogP contribution in [-0.4, -0.2) is 42.2 Å². The number of methoxy groups -OCH3 is 1. The number of anilines is 1. The Morgan fingerprint density at radius 1 is 1.36 bits per heavy atom. The summed E-state index contributed by atoms with van der Waals surface area (Å²) in [4.78, 5) is 17.6. The maximum Gasteiger partial charge on any atom is 0.409 e. The third kappa shape index (κ3) is 3.09. The van der Waals surface area contributed by atoms with Gasteiger partial charge in [-0.2, -0.15) is 0 Å². The lowest BCUT2D eigenvalue weighted by Crippen LogP contribution is -2.42. The Bertz CT molecular complexity index is 684. The van der Waals surface area contributed by atoms with Crippen LogP contribution in [-0.2, 0) is 4.74 Å². The van der Waals surface area contributed by atoms with E-state index in [1.807, 2.05) is 24.3 Å². The second kappa shape index (κ2) is 6.40. The van der Waals surface area contributed by atoms with Gasteiger partial charge in [0.15, 0.2) is 0 Å². The molecule has 1 aliphatic heterocycles. The van der Waals surface area contributed by atoms with Crippen molar-refractivity contribution in [2.75, 3.05) is 25.5 Å². The molecule has 2 heterocycles. The maximum atomic E-state index is 11.5. The monoisotopic (exact) mass is 319 g/mol. The lowest BCUT2D eigenvalue weighted by Gasteiger charge is -2.32. The number of fused-ring (bicyclic) bond motifs is 1. The van der Waals surface area contributed by atoms with Crippen molar-refractivity contribution in [3.63, 3.8) is 0 Å². The van der Waals surface area contributed by atoms with Gasteiger partial charge in [0.25, 0.3) is 0 Å². The van der Waals surface area contributed by atoms with E-state index < -0.39 is 0 Å². The van der Waals surface area contributed by atoms with Gasteiger partial charge in [-0.3, -0.25) is 4.98 Å². The number of benzene rings is 1. The van der Waals surface area contributed by atoms with E-state index in [-0.39, 0.29) is 6.09 Å². The van der Waals surface area contributed by atoms with E-state index in [9.17, 15) is 4.79 Å². The van der Waals surface area contributed by atoms with E-state index in [0.717, 1.165) is 29.4 Å². The molecule has 1 saturated heterocycles. The van der Waals surface area contributed by atoms with Gasteiger partial charge in [0.1, 0.15) is 0 Å². The molecule has 1 aliphatic rings. The van der Waals surface area contributed by atoms with E-state index in [0.29, 0.717) is 24.2 Å². The number of aromatic nitrogens is 1. The van der Waals surface area contributed by atoms with Crippen LogP contribution in [0.4, 0.5) is 10.5 Å². The number of nitrogens with zero attached hydrogens (tertiary/aromatic N) is 2. The van der Waals surface area contributed by atoms with Gasteiger partial charge in [-0.25, -0.2) is 4.79 Å². The largest absolute Gasteiger partial charge is 0.453 e. The van der Waals surface area contributed by atoms with Crippen LogP contribution in [0.25, 0.3) is 10.9 Å². The van der Waals surface area contributed by atoms with E-state index >= 15 is 0 Å². The fraction of sp³-hybridized carbons (Fsp3) is 0.375. The van der Waals surface area contributed by atoms with Gasteiger partial charge in [-0.05, 0) is 37.1 Å². The summed E-state index contributed by atoms with van der Waals surface area (Å²) in [5.41, 5.74) is 1.93. The number of carbonyl (C=O) groups is 1. The Kier molecular flexibility index (Phi) is 4.34. The molecule has 1 amide bonds. The molecular formula is C16H18ClN3O2. The third-order valence-electron chi connectivity index (χ3n) is 3.99. The standard InChI is InChI=1S/C16H18ClN3O2/c1-22-16(21)20-8-5-12(6-9-20)19-14-4-7-18-15-10-11(17)2-3-13(14)15/h2-4,7,10,12H,5-6,8-9H2,1H3,(H,18,19). The van der Waals surface area contributed by atoms with Crippen LogP contribution >= 0.6 is 11.6 Å². The highest BCUT2D eigenvalue weighted by Gasteiger charge is 2.23. The fourth-order valence-electron chi connectivity index (χ4n) is 2.80. The molecule has 5 nitrogen and oxygen atoms in total.